The van der Waals surface area contributed by atoms with Crippen molar-refractivity contribution in [1.29, 1.82) is 0 Å². The van der Waals surface area contributed by atoms with Crippen molar-refractivity contribution in [3.63, 3.8) is 0 Å². The number of hydrogen-bond acceptors (Lipinski definition) is 3. The molecule has 2 heterocycles. The summed E-state index contributed by atoms with van der Waals surface area (Å²) < 4.78 is 14.0. The van der Waals surface area contributed by atoms with Crippen LogP contribution in [0, 0.1) is 12.7 Å². The number of amides is 2. The molecule has 0 aliphatic carbocycles. The lowest BCUT2D eigenvalue weighted by atomic mass is 10.0. The quantitative estimate of drug-likeness (QED) is 0.801. The highest BCUT2D eigenvalue weighted by molar-refractivity contribution is 5.89. The molecule has 1 aromatic heterocycles. The third-order valence-corrected chi connectivity index (χ3v) is 4.30. The van der Waals surface area contributed by atoms with Gasteiger partial charge in [0.1, 0.15) is 5.82 Å². The molecule has 0 radical (unpaired) electrons. The summed E-state index contributed by atoms with van der Waals surface area (Å²) in [4.78, 5) is 28.0. The van der Waals surface area contributed by atoms with Crippen molar-refractivity contribution < 1.29 is 9.18 Å². The Morgan fingerprint density at radius 2 is 2.16 bits per heavy atom. The molecule has 3 N–H and O–H groups in total. The first-order valence-corrected chi connectivity index (χ1v) is 8.29. The van der Waals surface area contributed by atoms with Crippen LogP contribution in [-0.4, -0.2) is 30.1 Å². The van der Waals surface area contributed by atoms with Crippen LogP contribution in [0.15, 0.2) is 41.3 Å². The van der Waals surface area contributed by atoms with Gasteiger partial charge in [-0.15, -0.1) is 0 Å². The highest BCUT2D eigenvalue weighted by Crippen LogP contribution is 2.22. The van der Waals surface area contributed by atoms with Crippen LogP contribution in [0.2, 0.25) is 0 Å². The molecule has 132 valence electrons. The Bertz CT molecular complexity index is 821. The van der Waals surface area contributed by atoms with Gasteiger partial charge in [-0.25, -0.2) is 9.18 Å². The second-order valence-corrected chi connectivity index (χ2v) is 6.24. The van der Waals surface area contributed by atoms with Gasteiger partial charge in [-0.05, 0) is 38.0 Å². The zero-order chi connectivity index (χ0) is 17.8. The van der Waals surface area contributed by atoms with Gasteiger partial charge >= 0.3 is 6.03 Å². The molecular formula is C18H21FN4O2. The number of para-hydroxylation sites is 1. The summed E-state index contributed by atoms with van der Waals surface area (Å²) in [6, 6.07) is 7.87. The van der Waals surface area contributed by atoms with Gasteiger partial charge in [-0.3, -0.25) is 4.79 Å². The fraction of sp³-hybridized carbons (Fsp3) is 0.333. The van der Waals surface area contributed by atoms with Crippen molar-refractivity contribution in [2.45, 2.75) is 25.8 Å². The molecule has 1 aliphatic heterocycles. The molecular weight excluding hydrogens is 323 g/mol. The van der Waals surface area contributed by atoms with Gasteiger partial charge in [-0.2, -0.15) is 0 Å². The normalized spacial score (nSPS) is 17.2. The number of aryl methyl sites for hydroxylation is 1. The van der Waals surface area contributed by atoms with Crippen LogP contribution in [0.1, 0.15) is 18.4 Å². The molecule has 7 heteroatoms. The third kappa shape index (κ3) is 4.17. The van der Waals surface area contributed by atoms with E-state index in [1.165, 1.54) is 12.3 Å². The molecule has 6 nitrogen and oxygen atoms in total. The van der Waals surface area contributed by atoms with E-state index in [1.807, 2.05) is 4.90 Å². The predicted octanol–water partition coefficient (Wildman–Crippen LogP) is 2.61. The summed E-state index contributed by atoms with van der Waals surface area (Å²) in [5.41, 5.74) is 1.43. The van der Waals surface area contributed by atoms with Crippen molar-refractivity contribution in [2.24, 2.45) is 0 Å². The summed E-state index contributed by atoms with van der Waals surface area (Å²) in [5, 5.41) is 5.62. The number of pyridine rings is 1. The number of nitrogens with zero attached hydrogens (tertiary/aromatic N) is 1. The van der Waals surface area contributed by atoms with Crippen LogP contribution < -0.4 is 21.1 Å². The maximum Gasteiger partial charge on any atom is 0.319 e. The monoisotopic (exact) mass is 344 g/mol. The maximum absolute atomic E-state index is 14.0. The van der Waals surface area contributed by atoms with E-state index in [0.29, 0.717) is 23.5 Å². The number of rotatable bonds is 3. The molecule has 3 rings (SSSR count). The molecule has 0 saturated carbocycles. The molecule has 1 saturated heterocycles. The Balaban J connectivity index is 1.60. The second-order valence-electron chi connectivity index (χ2n) is 6.24. The van der Waals surface area contributed by atoms with Crippen molar-refractivity contribution in [2.75, 3.05) is 23.3 Å². The van der Waals surface area contributed by atoms with Crippen LogP contribution >= 0.6 is 0 Å². The summed E-state index contributed by atoms with van der Waals surface area (Å²) in [5.74, 6) is -0.253. The number of urea groups is 1. The van der Waals surface area contributed by atoms with Crippen molar-refractivity contribution in [3.8, 4) is 0 Å². The molecule has 0 unspecified atom stereocenters. The number of carbonyl (C=O) groups is 1. The van der Waals surface area contributed by atoms with Crippen LogP contribution in [0.4, 0.5) is 20.6 Å². The smallest absolute Gasteiger partial charge is 0.319 e. The molecule has 2 amide bonds. The zero-order valence-electron chi connectivity index (χ0n) is 14.0. The fourth-order valence-electron chi connectivity index (χ4n) is 3.04. The van der Waals surface area contributed by atoms with Gasteiger partial charge < -0.3 is 20.5 Å². The van der Waals surface area contributed by atoms with Gasteiger partial charge in [0, 0.05) is 30.9 Å². The van der Waals surface area contributed by atoms with Gasteiger partial charge in [0.25, 0.3) is 5.56 Å². The average molecular weight is 344 g/mol. The number of nitrogens with one attached hydrogen (secondary N) is 3. The summed E-state index contributed by atoms with van der Waals surface area (Å²) in [7, 11) is 0. The van der Waals surface area contributed by atoms with Crippen LogP contribution in [0.3, 0.4) is 0 Å². The predicted molar refractivity (Wildman–Crippen MR) is 95.6 cm³/mol. The molecule has 2 aromatic rings. The van der Waals surface area contributed by atoms with Gasteiger partial charge in [-0.1, -0.05) is 12.1 Å². The van der Waals surface area contributed by atoms with E-state index in [2.05, 4.69) is 15.6 Å². The molecule has 25 heavy (non-hydrogen) atoms. The number of H-pyrrole nitrogens is 1. The summed E-state index contributed by atoms with van der Waals surface area (Å²) in [6.07, 6.45) is 3.17. The minimum Gasteiger partial charge on any atom is -0.367 e. The number of hydrogen-bond donors (Lipinski definition) is 3. The second kappa shape index (κ2) is 7.38. The zero-order valence-corrected chi connectivity index (χ0v) is 14.0. The number of halogens is 1. The third-order valence-electron chi connectivity index (χ3n) is 4.30. The Morgan fingerprint density at radius 1 is 1.36 bits per heavy atom. The highest BCUT2D eigenvalue weighted by Gasteiger charge is 2.23. The first-order chi connectivity index (χ1) is 12.0. The van der Waals surface area contributed by atoms with E-state index in [1.54, 1.807) is 31.2 Å². The largest absolute Gasteiger partial charge is 0.367 e. The molecule has 0 bridgehead atoms. The molecule has 1 aromatic carbocycles. The van der Waals surface area contributed by atoms with Crippen molar-refractivity contribution in [3.05, 3.63) is 58.3 Å². The van der Waals surface area contributed by atoms with E-state index < -0.39 is 0 Å². The summed E-state index contributed by atoms with van der Waals surface area (Å²) >= 11 is 0. The van der Waals surface area contributed by atoms with E-state index >= 15 is 0 Å². The Morgan fingerprint density at radius 3 is 2.92 bits per heavy atom. The van der Waals surface area contributed by atoms with Crippen LogP contribution in [0.25, 0.3) is 0 Å². The SMILES string of the molecule is Cc1cc(NC(=O)N[C@H]2CCCN(c3ccccc3F)C2)c[nH]c1=O. The van der Waals surface area contributed by atoms with E-state index in [-0.39, 0.29) is 23.4 Å². The fourth-order valence-corrected chi connectivity index (χ4v) is 3.04. The number of piperidine rings is 1. The first kappa shape index (κ1) is 17.0. The van der Waals surface area contributed by atoms with Crippen molar-refractivity contribution >= 4 is 17.4 Å². The van der Waals surface area contributed by atoms with E-state index in [0.717, 1.165) is 19.4 Å². The Labute approximate surface area is 145 Å². The molecule has 1 atom stereocenters. The lowest BCUT2D eigenvalue weighted by Crippen LogP contribution is -2.49. The van der Waals surface area contributed by atoms with Gasteiger partial charge in [0.15, 0.2) is 0 Å². The number of aromatic nitrogens is 1. The Hall–Kier alpha value is -2.83. The molecule has 0 spiro atoms. The topological polar surface area (TPSA) is 77.2 Å². The minimum atomic E-state index is -0.341. The van der Waals surface area contributed by atoms with Gasteiger partial charge in [0.2, 0.25) is 0 Å². The summed E-state index contributed by atoms with van der Waals surface area (Å²) in [6.45, 7) is 2.99. The number of aromatic amines is 1. The van der Waals surface area contributed by atoms with Crippen LogP contribution in [0.5, 0.6) is 0 Å². The van der Waals surface area contributed by atoms with Crippen LogP contribution in [-0.2, 0) is 0 Å². The highest BCUT2D eigenvalue weighted by atomic mass is 19.1. The van der Waals surface area contributed by atoms with E-state index in [9.17, 15) is 14.0 Å². The Kier molecular flexibility index (Phi) is 5.02. The lowest BCUT2D eigenvalue weighted by molar-refractivity contribution is 0.246. The molecule has 1 aliphatic rings. The van der Waals surface area contributed by atoms with Gasteiger partial charge in [0.05, 0.1) is 11.4 Å². The number of benzene rings is 1. The molecule has 1 fully saturated rings. The standard InChI is InChI=1S/C18H21FN4O2/c1-12-9-14(10-20-17(12)24)22-18(25)21-13-5-4-8-23(11-13)16-7-3-2-6-15(16)19/h2-3,6-7,9-10,13H,4-5,8,11H2,1H3,(H,20,24)(H2,21,22,25)/t13-/m0/s1. The first-order valence-electron chi connectivity index (χ1n) is 8.29. The maximum atomic E-state index is 14.0. The minimum absolute atomic E-state index is 0.0720. The van der Waals surface area contributed by atoms with E-state index in [4.69, 9.17) is 0 Å². The van der Waals surface area contributed by atoms with Crippen molar-refractivity contribution in [1.82, 2.24) is 10.3 Å². The average Bonchev–Trinajstić information content (AvgIpc) is 2.59. The lowest BCUT2D eigenvalue weighted by Gasteiger charge is -2.34. The number of anilines is 2. The number of carbonyl (C=O) groups excluding carboxylic acids is 1.